The fraction of sp³-hybridized carbons (Fsp3) is 0.467. The fourth-order valence-corrected chi connectivity index (χ4v) is 1.88. The summed E-state index contributed by atoms with van der Waals surface area (Å²) in [6.45, 7) is 6.73. The largest absolute Gasteiger partial charge is 0.323 e. The fourth-order valence-electron chi connectivity index (χ4n) is 1.88. The molecule has 2 heteroatoms. The Labute approximate surface area is 105 Å². The van der Waals surface area contributed by atoms with E-state index in [9.17, 15) is 0 Å². The number of nitrogens with two attached hydrogens (primary N) is 1. The van der Waals surface area contributed by atoms with Crippen molar-refractivity contribution < 1.29 is 0 Å². The molecule has 92 valence electrons. The van der Waals surface area contributed by atoms with Gasteiger partial charge in [0.1, 0.15) is 0 Å². The monoisotopic (exact) mass is 230 g/mol. The minimum atomic E-state index is 0.0375. The molecule has 1 aromatic carbocycles. The van der Waals surface area contributed by atoms with Crippen LogP contribution in [-0.2, 0) is 0 Å². The molecule has 0 heterocycles. The van der Waals surface area contributed by atoms with E-state index < -0.39 is 0 Å². The van der Waals surface area contributed by atoms with Crippen molar-refractivity contribution in [2.45, 2.75) is 26.3 Å². The van der Waals surface area contributed by atoms with Crippen molar-refractivity contribution in [1.82, 2.24) is 4.90 Å². The number of terminal acetylenes is 1. The van der Waals surface area contributed by atoms with E-state index in [1.807, 2.05) is 0 Å². The van der Waals surface area contributed by atoms with Gasteiger partial charge in [0.15, 0.2) is 0 Å². The highest BCUT2D eigenvalue weighted by Crippen LogP contribution is 2.12. The van der Waals surface area contributed by atoms with Crippen LogP contribution in [0.1, 0.15) is 30.5 Å². The van der Waals surface area contributed by atoms with Crippen molar-refractivity contribution >= 4 is 0 Å². The molecule has 0 aliphatic heterocycles. The van der Waals surface area contributed by atoms with Crippen LogP contribution >= 0.6 is 0 Å². The minimum Gasteiger partial charge on any atom is -0.323 e. The lowest BCUT2D eigenvalue weighted by Crippen LogP contribution is -2.33. The van der Waals surface area contributed by atoms with E-state index in [0.29, 0.717) is 6.54 Å². The van der Waals surface area contributed by atoms with Crippen LogP contribution in [0.4, 0.5) is 0 Å². The molecule has 0 spiro atoms. The van der Waals surface area contributed by atoms with Gasteiger partial charge >= 0.3 is 0 Å². The Hall–Kier alpha value is -1.30. The summed E-state index contributed by atoms with van der Waals surface area (Å²) in [6, 6.07) is 8.43. The Bertz CT molecular complexity index is 362. The average molecular weight is 230 g/mol. The molecule has 1 atom stereocenters. The van der Waals surface area contributed by atoms with Crippen LogP contribution in [0.5, 0.6) is 0 Å². The molecule has 0 amide bonds. The highest BCUT2D eigenvalue weighted by Gasteiger charge is 2.10. The Morgan fingerprint density at radius 1 is 1.35 bits per heavy atom. The van der Waals surface area contributed by atoms with Crippen LogP contribution in [0, 0.1) is 19.3 Å². The van der Waals surface area contributed by atoms with Gasteiger partial charge in [-0.1, -0.05) is 42.7 Å². The maximum atomic E-state index is 6.20. The lowest BCUT2D eigenvalue weighted by Gasteiger charge is -2.23. The number of rotatable bonds is 6. The van der Waals surface area contributed by atoms with Gasteiger partial charge in [-0.3, -0.25) is 4.90 Å². The lowest BCUT2D eigenvalue weighted by atomic mass is 10.1. The second kappa shape index (κ2) is 7.11. The molecule has 0 aliphatic carbocycles. The maximum absolute atomic E-state index is 6.20. The van der Waals surface area contributed by atoms with E-state index in [4.69, 9.17) is 12.2 Å². The molecule has 1 aromatic rings. The quantitative estimate of drug-likeness (QED) is 0.760. The van der Waals surface area contributed by atoms with E-state index in [2.05, 4.69) is 48.9 Å². The molecular weight excluding hydrogens is 208 g/mol. The third kappa shape index (κ3) is 4.60. The van der Waals surface area contributed by atoms with Crippen LogP contribution in [0.3, 0.4) is 0 Å². The Morgan fingerprint density at radius 2 is 2.00 bits per heavy atom. The van der Waals surface area contributed by atoms with Crippen LogP contribution in [0.2, 0.25) is 0 Å². The second-order valence-electron chi connectivity index (χ2n) is 4.46. The van der Waals surface area contributed by atoms with Gasteiger partial charge < -0.3 is 5.73 Å². The van der Waals surface area contributed by atoms with Gasteiger partial charge in [0.05, 0.1) is 6.54 Å². The van der Waals surface area contributed by atoms with Crippen LogP contribution < -0.4 is 5.73 Å². The molecule has 0 bridgehead atoms. The standard InChI is InChI=1S/C15H22N2/c1-4-10-17(11-5-2)12-15(16)14-8-6-13(3)7-9-14/h1,6-9,15H,5,10-12,16H2,2-3H3. The number of hydrogen-bond donors (Lipinski definition) is 1. The molecular formula is C15H22N2. The number of hydrogen-bond acceptors (Lipinski definition) is 2. The highest BCUT2D eigenvalue weighted by molar-refractivity contribution is 5.24. The Balaban J connectivity index is 2.60. The third-order valence-electron chi connectivity index (χ3n) is 2.82. The van der Waals surface area contributed by atoms with Crippen molar-refractivity contribution in [2.24, 2.45) is 5.73 Å². The van der Waals surface area contributed by atoms with Crippen molar-refractivity contribution in [3.05, 3.63) is 35.4 Å². The van der Waals surface area contributed by atoms with Gasteiger partial charge in [-0.2, -0.15) is 0 Å². The second-order valence-corrected chi connectivity index (χ2v) is 4.46. The third-order valence-corrected chi connectivity index (χ3v) is 2.82. The average Bonchev–Trinajstić information content (AvgIpc) is 2.30. The Morgan fingerprint density at radius 3 is 2.53 bits per heavy atom. The first-order chi connectivity index (χ1) is 8.17. The summed E-state index contributed by atoms with van der Waals surface area (Å²) in [7, 11) is 0. The van der Waals surface area contributed by atoms with Crippen molar-refractivity contribution in [1.29, 1.82) is 0 Å². The lowest BCUT2D eigenvalue weighted by molar-refractivity contribution is 0.288. The topological polar surface area (TPSA) is 29.3 Å². The summed E-state index contributed by atoms with van der Waals surface area (Å²) >= 11 is 0. The van der Waals surface area contributed by atoms with E-state index in [-0.39, 0.29) is 6.04 Å². The highest BCUT2D eigenvalue weighted by atomic mass is 15.1. The summed E-state index contributed by atoms with van der Waals surface area (Å²) in [5.41, 5.74) is 8.63. The molecule has 0 fully saturated rings. The van der Waals surface area contributed by atoms with Crippen LogP contribution in [0.15, 0.2) is 24.3 Å². The molecule has 1 unspecified atom stereocenters. The smallest absolute Gasteiger partial charge is 0.0599 e. The molecule has 0 radical (unpaired) electrons. The SMILES string of the molecule is C#CCN(CCC)CC(N)c1ccc(C)cc1. The predicted molar refractivity (Wildman–Crippen MR) is 73.7 cm³/mol. The molecule has 0 saturated heterocycles. The van der Waals surface area contributed by atoms with Crippen LogP contribution in [0.25, 0.3) is 0 Å². The molecule has 2 nitrogen and oxygen atoms in total. The molecule has 0 aromatic heterocycles. The Kier molecular flexibility index (Phi) is 5.76. The zero-order chi connectivity index (χ0) is 12.7. The molecule has 2 N–H and O–H groups in total. The number of aryl methyl sites for hydroxylation is 1. The van der Waals surface area contributed by atoms with Crippen LogP contribution in [-0.4, -0.2) is 24.5 Å². The predicted octanol–water partition coefficient (Wildman–Crippen LogP) is 2.34. The van der Waals surface area contributed by atoms with Gasteiger partial charge in [0, 0.05) is 12.6 Å². The van der Waals surface area contributed by atoms with Crippen molar-refractivity contribution in [2.75, 3.05) is 19.6 Å². The van der Waals surface area contributed by atoms with Gasteiger partial charge in [0.2, 0.25) is 0 Å². The first-order valence-corrected chi connectivity index (χ1v) is 6.15. The zero-order valence-corrected chi connectivity index (χ0v) is 10.8. The first kappa shape index (κ1) is 13.8. The van der Waals surface area contributed by atoms with E-state index in [1.165, 1.54) is 11.1 Å². The summed E-state index contributed by atoms with van der Waals surface area (Å²) in [6.07, 6.45) is 6.46. The molecule has 17 heavy (non-hydrogen) atoms. The summed E-state index contributed by atoms with van der Waals surface area (Å²) < 4.78 is 0. The van der Waals surface area contributed by atoms with Gasteiger partial charge in [-0.15, -0.1) is 6.42 Å². The van der Waals surface area contributed by atoms with Gasteiger partial charge in [-0.25, -0.2) is 0 Å². The molecule has 1 rings (SSSR count). The summed E-state index contributed by atoms with van der Waals surface area (Å²) in [5.74, 6) is 2.69. The summed E-state index contributed by atoms with van der Waals surface area (Å²) in [5, 5.41) is 0. The van der Waals surface area contributed by atoms with E-state index in [0.717, 1.165) is 19.5 Å². The molecule has 0 saturated carbocycles. The molecule has 0 aliphatic rings. The summed E-state index contributed by atoms with van der Waals surface area (Å²) in [4.78, 5) is 2.23. The minimum absolute atomic E-state index is 0.0375. The maximum Gasteiger partial charge on any atom is 0.0599 e. The number of nitrogens with zero attached hydrogens (tertiary/aromatic N) is 1. The van der Waals surface area contributed by atoms with E-state index >= 15 is 0 Å². The zero-order valence-electron chi connectivity index (χ0n) is 10.8. The van der Waals surface area contributed by atoms with Crippen molar-refractivity contribution in [3.63, 3.8) is 0 Å². The number of benzene rings is 1. The van der Waals surface area contributed by atoms with Gasteiger partial charge in [-0.05, 0) is 25.5 Å². The van der Waals surface area contributed by atoms with E-state index in [1.54, 1.807) is 0 Å². The first-order valence-electron chi connectivity index (χ1n) is 6.15. The normalized spacial score (nSPS) is 12.4. The van der Waals surface area contributed by atoms with Gasteiger partial charge in [0.25, 0.3) is 0 Å². The van der Waals surface area contributed by atoms with Crippen molar-refractivity contribution in [3.8, 4) is 12.3 Å².